The van der Waals surface area contributed by atoms with Gasteiger partial charge < -0.3 is 20.5 Å². The molecule has 4 atom stereocenters. The van der Waals surface area contributed by atoms with Crippen molar-refractivity contribution in [1.82, 2.24) is 4.90 Å². The standard InChI is InChI=1S/C23H15Cl4F4N3O5/c24-7-1-9-16(10(25)2-7)33-20(38)23(9)15(19(36)37)14(13-5-22(30,31)6-34(13)23)18(35)32-8-3-11(26)17(12(27)4-8)39-21(28)29/h1-4,13-15,21H,5-6H2,(H,32,35)(H,33,38)(H,36,37). The van der Waals surface area contributed by atoms with Crippen LogP contribution in [0, 0.1) is 11.8 Å². The first kappa shape index (κ1) is 28.0. The SMILES string of the molecule is O=C(Nc1cc(Cl)c(OC(F)F)c(Cl)c1)C1C2CC(F)(F)CN2C2(C(=O)Nc3c(Cl)cc(Cl)cc32)C1C(=O)O. The largest absolute Gasteiger partial charge is 0.481 e. The van der Waals surface area contributed by atoms with Gasteiger partial charge in [0.05, 0.1) is 33.2 Å². The van der Waals surface area contributed by atoms with E-state index in [0.29, 0.717) is 0 Å². The summed E-state index contributed by atoms with van der Waals surface area (Å²) in [6, 6.07) is 3.18. The highest BCUT2D eigenvalue weighted by molar-refractivity contribution is 6.38. The molecule has 39 heavy (non-hydrogen) atoms. The second kappa shape index (κ2) is 9.55. The van der Waals surface area contributed by atoms with Crippen molar-refractivity contribution in [1.29, 1.82) is 0 Å². The minimum atomic E-state index is -3.37. The molecular formula is C23H15Cl4F4N3O5. The molecule has 3 heterocycles. The number of carboxylic acid groups (broad SMARTS) is 1. The highest BCUT2D eigenvalue weighted by Gasteiger charge is 2.74. The number of halogens is 8. The highest BCUT2D eigenvalue weighted by Crippen LogP contribution is 2.61. The molecule has 2 fully saturated rings. The number of hydrogen-bond donors (Lipinski definition) is 3. The number of carbonyl (C=O) groups is 3. The van der Waals surface area contributed by atoms with Crippen LogP contribution in [-0.2, 0) is 19.9 Å². The number of alkyl halides is 4. The van der Waals surface area contributed by atoms with Crippen molar-refractivity contribution < 1.29 is 41.8 Å². The van der Waals surface area contributed by atoms with Crippen LogP contribution in [-0.4, -0.2) is 52.9 Å². The number of amides is 2. The van der Waals surface area contributed by atoms with Crippen LogP contribution in [0.5, 0.6) is 5.75 Å². The van der Waals surface area contributed by atoms with Gasteiger partial charge in [0.1, 0.15) is 11.5 Å². The lowest BCUT2D eigenvalue weighted by molar-refractivity contribution is -0.153. The summed E-state index contributed by atoms with van der Waals surface area (Å²) in [7, 11) is 0. The molecule has 3 N–H and O–H groups in total. The molecule has 4 unspecified atom stereocenters. The molecule has 2 amide bonds. The number of hydrogen-bond acceptors (Lipinski definition) is 5. The molecular weight excluding hydrogens is 616 g/mol. The minimum absolute atomic E-state index is 0.000485. The fraction of sp³-hybridized carbons (Fsp3) is 0.348. The van der Waals surface area contributed by atoms with E-state index in [1.165, 1.54) is 12.1 Å². The Kier molecular flexibility index (Phi) is 6.86. The van der Waals surface area contributed by atoms with Crippen LogP contribution in [0.2, 0.25) is 20.1 Å². The van der Waals surface area contributed by atoms with Crippen molar-refractivity contribution in [3.63, 3.8) is 0 Å². The van der Waals surface area contributed by atoms with Gasteiger partial charge in [0.2, 0.25) is 5.91 Å². The zero-order chi connectivity index (χ0) is 28.6. The summed E-state index contributed by atoms with van der Waals surface area (Å²) < 4.78 is 59.1. The molecule has 5 rings (SSSR count). The van der Waals surface area contributed by atoms with Gasteiger partial charge in [0, 0.05) is 28.7 Å². The molecule has 3 aliphatic rings. The topological polar surface area (TPSA) is 108 Å². The lowest BCUT2D eigenvalue weighted by atomic mass is 9.73. The first-order chi connectivity index (χ1) is 18.2. The molecule has 0 aromatic heterocycles. The van der Waals surface area contributed by atoms with Crippen molar-refractivity contribution in [2.75, 3.05) is 17.2 Å². The molecule has 2 saturated heterocycles. The number of nitrogens with zero attached hydrogens (tertiary/aromatic N) is 1. The quantitative estimate of drug-likeness (QED) is 0.365. The predicted molar refractivity (Wildman–Crippen MR) is 133 cm³/mol. The molecule has 16 heteroatoms. The number of carbonyl (C=O) groups excluding carboxylic acids is 2. The van der Waals surface area contributed by atoms with Gasteiger partial charge in [0.15, 0.2) is 5.75 Å². The van der Waals surface area contributed by atoms with E-state index in [1.807, 2.05) is 0 Å². The third-order valence-corrected chi connectivity index (χ3v) is 8.16. The van der Waals surface area contributed by atoms with E-state index in [0.717, 1.165) is 17.0 Å². The maximum absolute atomic E-state index is 14.8. The Bertz CT molecular complexity index is 1410. The van der Waals surface area contributed by atoms with E-state index in [9.17, 15) is 37.1 Å². The number of fused-ring (bicyclic) bond motifs is 4. The Labute approximate surface area is 237 Å². The van der Waals surface area contributed by atoms with E-state index in [4.69, 9.17) is 46.4 Å². The first-order valence-electron chi connectivity index (χ1n) is 11.1. The summed E-state index contributed by atoms with van der Waals surface area (Å²) in [5.74, 6) is -11.1. The molecule has 0 bridgehead atoms. The van der Waals surface area contributed by atoms with E-state index in [2.05, 4.69) is 15.4 Å². The monoisotopic (exact) mass is 629 g/mol. The molecule has 0 aliphatic carbocycles. The second-order valence-corrected chi connectivity index (χ2v) is 10.9. The van der Waals surface area contributed by atoms with Crippen LogP contribution in [0.15, 0.2) is 24.3 Å². The second-order valence-electron chi connectivity index (χ2n) is 9.26. The van der Waals surface area contributed by atoms with Crippen molar-refractivity contribution >= 4 is 75.6 Å². The Morgan fingerprint density at radius 2 is 1.74 bits per heavy atom. The van der Waals surface area contributed by atoms with Gasteiger partial charge in [0.25, 0.3) is 11.8 Å². The summed E-state index contributed by atoms with van der Waals surface area (Å²) in [6.45, 7) is -4.26. The van der Waals surface area contributed by atoms with Crippen LogP contribution in [0.25, 0.3) is 0 Å². The average molecular weight is 631 g/mol. The predicted octanol–water partition coefficient (Wildman–Crippen LogP) is 5.73. The van der Waals surface area contributed by atoms with Crippen molar-refractivity contribution in [2.24, 2.45) is 11.8 Å². The van der Waals surface area contributed by atoms with Gasteiger partial charge in [-0.05, 0) is 24.3 Å². The van der Waals surface area contributed by atoms with Gasteiger partial charge in [-0.2, -0.15) is 8.78 Å². The van der Waals surface area contributed by atoms with Gasteiger partial charge in [-0.25, -0.2) is 8.78 Å². The molecule has 8 nitrogen and oxygen atoms in total. The Morgan fingerprint density at radius 1 is 1.10 bits per heavy atom. The lowest BCUT2D eigenvalue weighted by Crippen LogP contribution is -2.54. The third-order valence-electron chi connectivity index (χ3n) is 7.08. The fourth-order valence-electron chi connectivity index (χ4n) is 5.86. The number of carboxylic acids is 1. The molecule has 208 valence electrons. The van der Waals surface area contributed by atoms with Crippen molar-refractivity contribution in [3.05, 3.63) is 49.9 Å². The van der Waals surface area contributed by atoms with Crippen LogP contribution >= 0.6 is 46.4 Å². The molecule has 2 aromatic rings. The normalized spacial score (nSPS) is 27.0. The van der Waals surface area contributed by atoms with Gasteiger partial charge >= 0.3 is 12.6 Å². The Hall–Kier alpha value is -2.51. The summed E-state index contributed by atoms with van der Waals surface area (Å²) >= 11 is 24.3. The average Bonchev–Trinajstić information content (AvgIpc) is 3.37. The van der Waals surface area contributed by atoms with Gasteiger partial charge in [-0.15, -0.1) is 0 Å². The molecule has 3 aliphatic heterocycles. The minimum Gasteiger partial charge on any atom is -0.481 e. The maximum atomic E-state index is 14.8. The molecule has 1 spiro atoms. The number of benzene rings is 2. The molecule has 2 aromatic carbocycles. The van der Waals surface area contributed by atoms with Crippen molar-refractivity contribution in [3.8, 4) is 5.75 Å². The number of nitrogens with one attached hydrogen (secondary N) is 2. The van der Waals surface area contributed by atoms with E-state index in [1.54, 1.807) is 0 Å². The summed E-state index contributed by atoms with van der Waals surface area (Å²) in [6.07, 6.45) is -0.920. The summed E-state index contributed by atoms with van der Waals surface area (Å²) in [5.41, 5.74) is -2.44. The Balaban J connectivity index is 1.61. The highest BCUT2D eigenvalue weighted by atomic mass is 35.5. The van der Waals surface area contributed by atoms with Crippen LogP contribution < -0.4 is 15.4 Å². The van der Waals surface area contributed by atoms with Crippen LogP contribution in [0.4, 0.5) is 28.9 Å². The van der Waals surface area contributed by atoms with Gasteiger partial charge in [-0.1, -0.05) is 46.4 Å². The summed E-state index contributed by atoms with van der Waals surface area (Å²) in [5, 5.41) is 14.3. The van der Waals surface area contributed by atoms with E-state index in [-0.39, 0.29) is 27.0 Å². The van der Waals surface area contributed by atoms with Gasteiger partial charge in [-0.3, -0.25) is 19.3 Å². The molecule has 0 saturated carbocycles. The Morgan fingerprint density at radius 3 is 2.33 bits per heavy atom. The van der Waals surface area contributed by atoms with Crippen LogP contribution in [0.3, 0.4) is 0 Å². The van der Waals surface area contributed by atoms with E-state index >= 15 is 0 Å². The first-order valence-corrected chi connectivity index (χ1v) is 12.6. The lowest BCUT2D eigenvalue weighted by Gasteiger charge is -2.35. The number of ether oxygens (including phenoxy) is 1. The zero-order valence-electron chi connectivity index (χ0n) is 19.1. The van der Waals surface area contributed by atoms with Crippen LogP contribution in [0.1, 0.15) is 12.0 Å². The zero-order valence-corrected chi connectivity index (χ0v) is 22.1. The van der Waals surface area contributed by atoms with E-state index < -0.39 is 82.5 Å². The number of aliphatic carboxylic acids is 1. The summed E-state index contributed by atoms with van der Waals surface area (Å²) in [4.78, 5) is 40.9. The number of anilines is 2. The van der Waals surface area contributed by atoms with Crippen molar-refractivity contribution in [2.45, 2.75) is 30.5 Å². The fourth-order valence-corrected chi connectivity index (χ4v) is 6.98. The maximum Gasteiger partial charge on any atom is 0.387 e. The molecule has 0 radical (unpaired) electrons. The third kappa shape index (κ3) is 4.37. The number of rotatable bonds is 5. The smallest absolute Gasteiger partial charge is 0.387 e.